The Morgan fingerprint density at radius 3 is 2.46 bits per heavy atom. The van der Waals surface area contributed by atoms with Crippen molar-refractivity contribution in [3.8, 4) is 11.4 Å². The summed E-state index contributed by atoms with van der Waals surface area (Å²) in [7, 11) is 0. The summed E-state index contributed by atoms with van der Waals surface area (Å²) in [6.45, 7) is 0. The van der Waals surface area contributed by atoms with Crippen molar-refractivity contribution in [1.82, 2.24) is 20.2 Å². The van der Waals surface area contributed by atoms with Gasteiger partial charge in [-0.2, -0.15) is 4.68 Å². The third-order valence-corrected chi connectivity index (χ3v) is 4.39. The fourth-order valence-corrected chi connectivity index (χ4v) is 2.90. The van der Waals surface area contributed by atoms with Crippen LogP contribution in [0.4, 0.5) is 18.9 Å². The number of carbonyl (C=O) groups excluding carboxylic acids is 1. The van der Waals surface area contributed by atoms with Crippen LogP contribution in [0.25, 0.3) is 5.69 Å². The van der Waals surface area contributed by atoms with Gasteiger partial charge in [0.1, 0.15) is 5.75 Å². The number of anilines is 1. The number of halogens is 4. The zero-order chi connectivity index (χ0) is 20.1. The molecule has 1 N–H and O–H groups in total. The minimum absolute atomic E-state index is 0.0261. The maximum Gasteiger partial charge on any atom is 0.573 e. The molecule has 3 rings (SSSR count). The molecule has 3 aromatic rings. The molecule has 1 amide bonds. The summed E-state index contributed by atoms with van der Waals surface area (Å²) in [6, 6.07) is 11.7. The number of rotatable bonds is 6. The molecule has 2 aromatic carbocycles. The van der Waals surface area contributed by atoms with Gasteiger partial charge in [-0.25, -0.2) is 0 Å². The summed E-state index contributed by atoms with van der Waals surface area (Å²) in [6.07, 6.45) is -4.77. The van der Waals surface area contributed by atoms with Gasteiger partial charge in [-0.05, 0) is 59.0 Å². The van der Waals surface area contributed by atoms with E-state index in [0.29, 0.717) is 21.6 Å². The first-order valence-corrected chi connectivity index (χ1v) is 8.99. The lowest BCUT2D eigenvalue weighted by molar-refractivity contribution is -0.274. The van der Waals surface area contributed by atoms with Crippen molar-refractivity contribution in [3.05, 3.63) is 53.6 Å². The molecule has 0 unspecified atom stereocenters. The van der Waals surface area contributed by atoms with Gasteiger partial charge in [0, 0.05) is 10.7 Å². The van der Waals surface area contributed by atoms with Crippen LogP contribution in [-0.4, -0.2) is 38.2 Å². The van der Waals surface area contributed by atoms with Crippen LogP contribution >= 0.6 is 23.4 Å². The van der Waals surface area contributed by atoms with E-state index in [1.807, 2.05) is 0 Å². The minimum atomic E-state index is -4.77. The summed E-state index contributed by atoms with van der Waals surface area (Å²) in [4.78, 5) is 12.1. The van der Waals surface area contributed by atoms with Gasteiger partial charge in [0.25, 0.3) is 0 Å². The number of amides is 1. The van der Waals surface area contributed by atoms with E-state index in [1.165, 1.54) is 16.8 Å². The van der Waals surface area contributed by atoms with Crippen molar-refractivity contribution in [2.75, 3.05) is 11.1 Å². The van der Waals surface area contributed by atoms with E-state index in [4.69, 9.17) is 11.6 Å². The number of carbonyl (C=O) groups is 1. The molecule has 0 radical (unpaired) electrons. The summed E-state index contributed by atoms with van der Waals surface area (Å²) in [5.74, 6) is -0.616. The van der Waals surface area contributed by atoms with Crippen LogP contribution in [0.15, 0.2) is 53.7 Å². The van der Waals surface area contributed by atoms with E-state index in [9.17, 15) is 18.0 Å². The molecule has 0 fully saturated rings. The Morgan fingerprint density at radius 1 is 1.14 bits per heavy atom. The largest absolute Gasteiger partial charge is 0.573 e. The lowest BCUT2D eigenvalue weighted by atomic mass is 10.3. The van der Waals surface area contributed by atoms with Gasteiger partial charge in [0.15, 0.2) is 0 Å². The first kappa shape index (κ1) is 20.0. The van der Waals surface area contributed by atoms with Crippen molar-refractivity contribution in [1.29, 1.82) is 0 Å². The van der Waals surface area contributed by atoms with Crippen LogP contribution in [-0.2, 0) is 4.79 Å². The summed E-state index contributed by atoms with van der Waals surface area (Å²) >= 11 is 6.86. The fraction of sp³-hybridized carbons (Fsp3) is 0.125. The minimum Gasteiger partial charge on any atom is -0.406 e. The molecule has 0 aliphatic heterocycles. The highest BCUT2D eigenvalue weighted by molar-refractivity contribution is 7.99. The molecule has 0 aliphatic carbocycles. The first-order chi connectivity index (χ1) is 13.3. The number of nitrogens with zero attached hydrogens (tertiary/aromatic N) is 4. The number of hydrogen-bond donors (Lipinski definition) is 1. The third kappa shape index (κ3) is 5.60. The van der Waals surface area contributed by atoms with Crippen LogP contribution in [0.3, 0.4) is 0 Å². The van der Waals surface area contributed by atoms with E-state index in [2.05, 4.69) is 25.6 Å². The third-order valence-electron chi connectivity index (χ3n) is 3.22. The smallest absolute Gasteiger partial charge is 0.406 e. The summed E-state index contributed by atoms with van der Waals surface area (Å²) in [5, 5.41) is 14.7. The molecule has 0 atom stereocenters. The Hall–Kier alpha value is -2.79. The highest BCUT2D eigenvalue weighted by Gasteiger charge is 2.31. The number of alkyl halides is 3. The molecule has 1 aromatic heterocycles. The summed E-state index contributed by atoms with van der Waals surface area (Å²) < 4.78 is 41.8. The normalized spacial score (nSPS) is 11.3. The number of thioether (sulfide) groups is 1. The lowest BCUT2D eigenvalue weighted by Crippen LogP contribution is -2.17. The average Bonchev–Trinajstić information content (AvgIpc) is 3.10. The Balaban J connectivity index is 1.62. The number of nitrogens with one attached hydrogen (secondary N) is 1. The van der Waals surface area contributed by atoms with Crippen molar-refractivity contribution in [2.24, 2.45) is 0 Å². The lowest BCUT2D eigenvalue weighted by Gasteiger charge is -2.09. The Labute approximate surface area is 165 Å². The molecule has 28 heavy (non-hydrogen) atoms. The second-order valence-electron chi connectivity index (χ2n) is 5.26. The zero-order valence-corrected chi connectivity index (χ0v) is 15.4. The number of aromatic nitrogens is 4. The number of ether oxygens (including phenoxy) is 1. The molecule has 0 aliphatic rings. The molecular weight excluding hydrogens is 419 g/mol. The molecule has 1 heterocycles. The Bertz CT molecular complexity index is 948. The molecule has 7 nitrogen and oxygen atoms in total. The SMILES string of the molecule is O=C(CSc1nnnn1-c1ccc(OC(F)(F)F)cc1)Nc1ccc(Cl)cc1. The van der Waals surface area contributed by atoms with Gasteiger partial charge >= 0.3 is 6.36 Å². The maximum atomic E-state index is 12.2. The van der Waals surface area contributed by atoms with Gasteiger partial charge in [0.2, 0.25) is 11.1 Å². The Morgan fingerprint density at radius 2 is 1.82 bits per heavy atom. The second-order valence-corrected chi connectivity index (χ2v) is 6.64. The van der Waals surface area contributed by atoms with Gasteiger partial charge in [-0.15, -0.1) is 18.3 Å². The number of tetrazole rings is 1. The van der Waals surface area contributed by atoms with Gasteiger partial charge in [0.05, 0.1) is 11.4 Å². The summed E-state index contributed by atoms with van der Waals surface area (Å²) in [5.41, 5.74) is 1.01. The second kappa shape index (κ2) is 8.48. The standard InChI is InChI=1S/C16H11ClF3N5O2S/c17-10-1-3-11(4-2-10)21-14(26)9-28-15-22-23-24-25(15)12-5-7-13(8-6-12)27-16(18,19)20/h1-8H,9H2,(H,21,26). The van der Waals surface area contributed by atoms with E-state index in [0.717, 1.165) is 23.9 Å². The molecule has 0 spiro atoms. The van der Waals surface area contributed by atoms with Gasteiger partial charge in [-0.1, -0.05) is 23.4 Å². The fourth-order valence-electron chi connectivity index (χ4n) is 2.08. The van der Waals surface area contributed by atoms with Crippen molar-refractivity contribution >= 4 is 35.0 Å². The molecule has 12 heteroatoms. The van der Waals surface area contributed by atoms with E-state index in [-0.39, 0.29) is 17.4 Å². The highest BCUT2D eigenvalue weighted by Crippen LogP contribution is 2.25. The zero-order valence-electron chi connectivity index (χ0n) is 13.9. The van der Waals surface area contributed by atoms with Crippen LogP contribution in [0.5, 0.6) is 5.75 Å². The number of benzene rings is 2. The molecule has 0 bridgehead atoms. The van der Waals surface area contributed by atoms with E-state index >= 15 is 0 Å². The van der Waals surface area contributed by atoms with Gasteiger partial charge < -0.3 is 10.1 Å². The van der Waals surface area contributed by atoms with Crippen molar-refractivity contribution in [3.63, 3.8) is 0 Å². The van der Waals surface area contributed by atoms with Crippen LogP contribution in [0.2, 0.25) is 5.02 Å². The highest BCUT2D eigenvalue weighted by atomic mass is 35.5. The quantitative estimate of drug-likeness (QED) is 0.597. The van der Waals surface area contributed by atoms with E-state index in [1.54, 1.807) is 24.3 Å². The van der Waals surface area contributed by atoms with Crippen LogP contribution in [0, 0.1) is 0 Å². The monoisotopic (exact) mass is 429 g/mol. The molecule has 0 saturated carbocycles. The molecule has 146 valence electrons. The Kier molecular flexibility index (Phi) is 6.05. The predicted molar refractivity (Wildman–Crippen MR) is 96.6 cm³/mol. The van der Waals surface area contributed by atoms with Crippen LogP contribution in [0.1, 0.15) is 0 Å². The molecule has 0 saturated heterocycles. The predicted octanol–water partition coefficient (Wildman–Crippen LogP) is 3.95. The molecular formula is C16H11ClF3N5O2S. The first-order valence-electron chi connectivity index (χ1n) is 7.63. The van der Waals surface area contributed by atoms with Crippen LogP contribution < -0.4 is 10.1 Å². The number of hydrogen-bond acceptors (Lipinski definition) is 6. The maximum absolute atomic E-state index is 12.2. The average molecular weight is 430 g/mol. The van der Waals surface area contributed by atoms with E-state index < -0.39 is 6.36 Å². The van der Waals surface area contributed by atoms with Gasteiger partial charge in [-0.3, -0.25) is 4.79 Å². The van der Waals surface area contributed by atoms with Crippen molar-refractivity contribution < 1.29 is 22.7 Å². The van der Waals surface area contributed by atoms with Crippen molar-refractivity contribution in [2.45, 2.75) is 11.5 Å². The topological polar surface area (TPSA) is 81.9 Å².